The van der Waals surface area contributed by atoms with Crippen molar-refractivity contribution in [2.75, 3.05) is 0 Å². The minimum Gasteiger partial charge on any atom is -0.381 e. The number of nitrogens with zero attached hydrogens (tertiary/aromatic N) is 3. The van der Waals surface area contributed by atoms with E-state index in [2.05, 4.69) is 21.1 Å². The molecule has 0 unspecified atom stereocenters. The first-order chi connectivity index (χ1) is 7.93. The molecule has 17 heavy (non-hydrogen) atoms. The second kappa shape index (κ2) is 5.02. The molecule has 0 spiro atoms. The van der Waals surface area contributed by atoms with Gasteiger partial charge in [-0.15, -0.1) is 0 Å². The number of para-hydroxylation sites is 2. The fraction of sp³-hybridized carbons (Fsp3) is 0. The first-order valence-corrected chi connectivity index (χ1v) is 4.99. The van der Waals surface area contributed by atoms with Crippen LogP contribution in [0.25, 0.3) is 22.4 Å². The van der Waals surface area contributed by atoms with Crippen molar-refractivity contribution in [3.63, 3.8) is 0 Å². The number of rotatable bonds is 1. The Morgan fingerprint density at radius 3 is 2.41 bits per heavy atom. The maximum atomic E-state index is 4.46. The average Bonchev–Trinajstić information content (AvgIpc) is 2.39. The van der Waals surface area contributed by atoms with Crippen molar-refractivity contribution in [3.8, 4) is 11.4 Å². The van der Waals surface area contributed by atoms with Gasteiger partial charge in [0.15, 0.2) is 0 Å². The number of hydrogen-bond donors (Lipinski definition) is 0. The molecular formula is C13H8N3Ni-. The summed E-state index contributed by atoms with van der Waals surface area (Å²) in [5.41, 5.74) is 3.18. The normalized spacial score (nSPS) is 9.88. The maximum absolute atomic E-state index is 4.46. The standard InChI is InChI=1S/C13H8N3.Ni/c1-2-7-12-10(5-1)15-9-13(16-12)11-6-3-4-8-14-11;/h1-8H;/q-1;. The Hall–Kier alpha value is -1.80. The fourth-order valence-corrected chi connectivity index (χ4v) is 1.53. The van der Waals surface area contributed by atoms with Crippen LogP contribution in [0.3, 0.4) is 0 Å². The van der Waals surface area contributed by atoms with Crippen molar-refractivity contribution in [1.29, 1.82) is 0 Å². The Balaban J connectivity index is 0.00000108. The molecule has 0 aliphatic rings. The predicted octanol–water partition coefficient (Wildman–Crippen LogP) is 2.49. The molecule has 0 N–H and O–H groups in total. The molecule has 86 valence electrons. The van der Waals surface area contributed by atoms with Crippen LogP contribution in [0.2, 0.25) is 0 Å². The molecular weight excluding hydrogens is 257 g/mol. The molecule has 3 rings (SSSR count). The summed E-state index contributed by atoms with van der Waals surface area (Å²) < 4.78 is 0. The molecule has 0 radical (unpaired) electrons. The monoisotopic (exact) mass is 264 g/mol. The van der Waals surface area contributed by atoms with Gasteiger partial charge in [-0.2, -0.15) is 0 Å². The average molecular weight is 265 g/mol. The first kappa shape index (κ1) is 11.7. The summed E-state index contributed by atoms with van der Waals surface area (Å²) in [6, 6.07) is 13.4. The van der Waals surface area contributed by atoms with Gasteiger partial charge >= 0.3 is 0 Å². The quantitative estimate of drug-likeness (QED) is 0.501. The van der Waals surface area contributed by atoms with E-state index in [1.807, 2.05) is 42.5 Å². The summed E-state index contributed by atoms with van der Waals surface area (Å²) in [6.07, 6.45) is 4.64. The molecule has 1 aromatic carbocycles. The topological polar surface area (TPSA) is 38.7 Å². The van der Waals surface area contributed by atoms with Gasteiger partial charge < -0.3 is 9.97 Å². The van der Waals surface area contributed by atoms with Gasteiger partial charge in [0.05, 0.1) is 0 Å². The third-order valence-electron chi connectivity index (χ3n) is 2.30. The van der Waals surface area contributed by atoms with E-state index in [1.54, 1.807) is 6.20 Å². The van der Waals surface area contributed by atoms with Gasteiger partial charge in [0, 0.05) is 28.2 Å². The van der Waals surface area contributed by atoms with Gasteiger partial charge in [-0.1, -0.05) is 36.5 Å². The number of aromatic nitrogens is 3. The molecule has 3 aromatic rings. The summed E-state index contributed by atoms with van der Waals surface area (Å²) in [4.78, 5) is 12.9. The minimum absolute atomic E-state index is 0. The van der Waals surface area contributed by atoms with E-state index in [1.165, 1.54) is 0 Å². The zero-order valence-corrected chi connectivity index (χ0v) is 9.76. The summed E-state index contributed by atoms with van der Waals surface area (Å²) in [5.74, 6) is 0. The largest absolute Gasteiger partial charge is 0.381 e. The molecule has 4 heteroatoms. The Bertz CT molecular complexity index is 626. The molecule has 0 aliphatic carbocycles. The van der Waals surface area contributed by atoms with Crippen LogP contribution in [0.5, 0.6) is 0 Å². The number of benzene rings is 1. The van der Waals surface area contributed by atoms with Crippen LogP contribution in [0.4, 0.5) is 0 Å². The molecule has 0 bridgehead atoms. The summed E-state index contributed by atoms with van der Waals surface area (Å²) >= 11 is 0. The molecule has 2 aromatic heterocycles. The number of fused-ring (bicyclic) bond motifs is 1. The van der Waals surface area contributed by atoms with Crippen LogP contribution in [0, 0.1) is 6.20 Å². The Morgan fingerprint density at radius 1 is 0.882 bits per heavy atom. The van der Waals surface area contributed by atoms with Crippen molar-refractivity contribution in [2.45, 2.75) is 0 Å². The molecule has 0 atom stereocenters. The number of pyridine rings is 1. The van der Waals surface area contributed by atoms with Crippen LogP contribution < -0.4 is 0 Å². The van der Waals surface area contributed by atoms with Crippen LogP contribution in [-0.2, 0) is 16.5 Å². The van der Waals surface area contributed by atoms with Crippen LogP contribution >= 0.6 is 0 Å². The smallest absolute Gasteiger partial charge is 0.0321 e. The number of hydrogen-bond acceptors (Lipinski definition) is 3. The van der Waals surface area contributed by atoms with Crippen molar-refractivity contribution in [3.05, 3.63) is 54.9 Å². The van der Waals surface area contributed by atoms with E-state index in [9.17, 15) is 0 Å². The Morgan fingerprint density at radius 2 is 1.65 bits per heavy atom. The first-order valence-electron chi connectivity index (χ1n) is 4.99. The van der Waals surface area contributed by atoms with E-state index in [-0.39, 0.29) is 16.5 Å². The van der Waals surface area contributed by atoms with Crippen molar-refractivity contribution in [2.24, 2.45) is 0 Å². The van der Waals surface area contributed by atoms with Gasteiger partial charge in [0.25, 0.3) is 0 Å². The van der Waals surface area contributed by atoms with Gasteiger partial charge in [-0.3, -0.25) is 4.98 Å². The molecule has 2 heterocycles. The van der Waals surface area contributed by atoms with Crippen molar-refractivity contribution >= 4 is 11.0 Å². The minimum atomic E-state index is 0. The second-order valence-corrected chi connectivity index (χ2v) is 3.39. The van der Waals surface area contributed by atoms with Crippen LogP contribution in [-0.4, -0.2) is 15.0 Å². The molecule has 0 saturated carbocycles. The molecule has 0 aliphatic heterocycles. The van der Waals surface area contributed by atoms with E-state index < -0.39 is 0 Å². The second-order valence-electron chi connectivity index (χ2n) is 3.39. The van der Waals surface area contributed by atoms with Crippen molar-refractivity contribution in [1.82, 2.24) is 15.0 Å². The van der Waals surface area contributed by atoms with Gasteiger partial charge in [0.1, 0.15) is 0 Å². The summed E-state index contributed by atoms with van der Waals surface area (Å²) in [6.45, 7) is 0. The zero-order valence-electron chi connectivity index (χ0n) is 8.78. The third-order valence-corrected chi connectivity index (χ3v) is 2.30. The van der Waals surface area contributed by atoms with E-state index in [4.69, 9.17) is 0 Å². The third kappa shape index (κ3) is 2.32. The SMILES string of the molecule is [Ni].[c-]1nc2ccccc2nc1-c1ccccn1. The van der Waals surface area contributed by atoms with E-state index in [0.717, 1.165) is 16.7 Å². The Labute approximate surface area is 109 Å². The van der Waals surface area contributed by atoms with Crippen LogP contribution in [0.1, 0.15) is 0 Å². The van der Waals surface area contributed by atoms with E-state index in [0.29, 0.717) is 5.69 Å². The van der Waals surface area contributed by atoms with Crippen molar-refractivity contribution < 1.29 is 16.5 Å². The molecule has 0 fully saturated rings. The van der Waals surface area contributed by atoms with Gasteiger partial charge in [-0.05, 0) is 29.0 Å². The maximum Gasteiger partial charge on any atom is 0.0321 e. The molecule has 0 amide bonds. The van der Waals surface area contributed by atoms with Gasteiger partial charge in [0.2, 0.25) is 0 Å². The fourth-order valence-electron chi connectivity index (χ4n) is 1.53. The summed E-state index contributed by atoms with van der Waals surface area (Å²) in [5, 5.41) is 0. The molecule has 3 nitrogen and oxygen atoms in total. The zero-order chi connectivity index (χ0) is 10.8. The van der Waals surface area contributed by atoms with E-state index >= 15 is 0 Å². The molecule has 0 saturated heterocycles. The Kier molecular flexibility index (Phi) is 3.45. The van der Waals surface area contributed by atoms with Crippen LogP contribution in [0.15, 0.2) is 48.7 Å². The predicted molar refractivity (Wildman–Crippen MR) is 61.6 cm³/mol. The summed E-state index contributed by atoms with van der Waals surface area (Å²) in [7, 11) is 0. The van der Waals surface area contributed by atoms with Gasteiger partial charge in [-0.25, -0.2) is 0 Å².